The summed E-state index contributed by atoms with van der Waals surface area (Å²) in [5.74, 6) is 0.504. The van der Waals surface area contributed by atoms with Gasteiger partial charge in [-0.05, 0) is 43.9 Å². The number of halogens is 2. The monoisotopic (exact) mass is 315 g/mol. The van der Waals surface area contributed by atoms with Crippen molar-refractivity contribution in [3.63, 3.8) is 0 Å². The van der Waals surface area contributed by atoms with Crippen LogP contribution < -0.4 is 11.1 Å². The van der Waals surface area contributed by atoms with Gasteiger partial charge in [-0.1, -0.05) is 23.2 Å². The van der Waals surface area contributed by atoms with Crippen molar-refractivity contribution in [3.8, 4) is 0 Å². The van der Waals surface area contributed by atoms with Gasteiger partial charge in [-0.15, -0.1) is 0 Å². The van der Waals surface area contributed by atoms with E-state index in [0.29, 0.717) is 21.7 Å². The van der Waals surface area contributed by atoms with Crippen LogP contribution in [0.5, 0.6) is 0 Å². The molecule has 0 aliphatic carbocycles. The molecule has 1 aromatic rings. The van der Waals surface area contributed by atoms with Crippen molar-refractivity contribution in [3.05, 3.63) is 28.2 Å². The highest BCUT2D eigenvalue weighted by atomic mass is 35.5. The number of nitrogens with one attached hydrogen (secondary N) is 1. The summed E-state index contributed by atoms with van der Waals surface area (Å²) in [5, 5.41) is 3.74. The van der Waals surface area contributed by atoms with Crippen LogP contribution in [0.4, 0.5) is 10.5 Å². The fourth-order valence-corrected chi connectivity index (χ4v) is 2.70. The molecular weight excluding hydrogens is 297 g/mol. The molecule has 110 valence electrons. The number of amides is 2. The smallest absolute Gasteiger partial charge is 0.321 e. The van der Waals surface area contributed by atoms with Crippen LogP contribution in [0.2, 0.25) is 10.0 Å². The Labute approximate surface area is 129 Å². The molecule has 1 saturated heterocycles. The molecule has 0 radical (unpaired) electrons. The molecule has 1 unspecified atom stereocenters. The van der Waals surface area contributed by atoms with Crippen LogP contribution in [-0.4, -0.2) is 30.1 Å². The third-order valence-corrected chi connectivity index (χ3v) is 4.48. The van der Waals surface area contributed by atoms with Crippen molar-refractivity contribution in [2.75, 3.05) is 18.4 Å². The first-order chi connectivity index (χ1) is 9.47. The zero-order valence-electron chi connectivity index (χ0n) is 11.4. The van der Waals surface area contributed by atoms with Crippen molar-refractivity contribution in [2.24, 2.45) is 11.7 Å². The lowest BCUT2D eigenvalue weighted by atomic mass is 9.91. The van der Waals surface area contributed by atoms with Crippen molar-refractivity contribution in [2.45, 2.75) is 25.8 Å². The van der Waals surface area contributed by atoms with E-state index in [0.717, 1.165) is 25.9 Å². The Balaban J connectivity index is 1.91. The molecule has 2 amide bonds. The zero-order valence-corrected chi connectivity index (χ0v) is 12.9. The minimum absolute atomic E-state index is 0.105. The number of carbonyl (C=O) groups is 1. The lowest BCUT2D eigenvalue weighted by molar-refractivity contribution is 0.176. The molecule has 1 aromatic carbocycles. The summed E-state index contributed by atoms with van der Waals surface area (Å²) < 4.78 is 0. The van der Waals surface area contributed by atoms with Gasteiger partial charge in [-0.2, -0.15) is 0 Å². The van der Waals surface area contributed by atoms with E-state index in [-0.39, 0.29) is 12.1 Å². The number of benzene rings is 1. The van der Waals surface area contributed by atoms with Gasteiger partial charge in [0, 0.05) is 24.8 Å². The highest BCUT2D eigenvalue weighted by Gasteiger charge is 2.24. The molecule has 2 rings (SSSR count). The fraction of sp³-hybridized carbons (Fsp3) is 0.500. The first-order valence-electron chi connectivity index (χ1n) is 6.74. The highest BCUT2D eigenvalue weighted by Crippen LogP contribution is 2.26. The van der Waals surface area contributed by atoms with Crippen LogP contribution in [0.3, 0.4) is 0 Å². The molecule has 0 spiro atoms. The van der Waals surface area contributed by atoms with Gasteiger partial charge < -0.3 is 16.0 Å². The molecule has 3 N–H and O–H groups in total. The number of urea groups is 1. The summed E-state index contributed by atoms with van der Waals surface area (Å²) in [6.45, 7) is 3.49. The fourth-order valence-electron chi connectivity index (χ4n) is 2.40. The summed E-state index contributed by atoms with van der Waals surface area (Å²) in [6.07, 6.45) is 1.90. The zero-order chi connectivity index (χ0) is 14.7. The SMILES string of the molecule is CC(N)C1CCN(C(=O)Nc2ccc(Cl)c(Cl)c2)CC1. The number of nitrogens with zero attached hydrogens (tertiary/aromatic N) is 1. The quantitative estimate of drug-likeness (QED) is 0.876. The Bertz CT molecular complexity index is 485. The maximum Gasteiger partial charge on any atom is 0.321 e. The van der Waals surface area contributed by atoms with Gasteiger partial charge in [0.05, 0.1) is 10.0 Å². The van der Waals surface area contributed by atoms with Crippen molar-refractivity contribution >= 4 is 34.9 Å². The van der Waals surface area contributed by atoms with Crippen LogP contribution in [0.1, 0.15) is 19.8 Å². The molecule has 20 heavy (non-hydrogen) atoms. The van der Waals surface area contributed by atoms with Gasteiger partial charge in [-0.3, -0.25) is 0 Å². The second-order valence-electron chi connectivity index (χ2n) is 5.24. The molecule has 1 aliphatic rings. The molecule has 0 bridgehead atoms. The van der Waals surface area contributed by atoms with Crippen LogP contribution in [0, 0.1) is 5.92 Å². The van der Waals surface area contributed by atoms with E-state index in [1.165, 1.54) is 0 Å². The molecule has 1 atom stereocenters. The van der Waals surface area contributed by atoms with Crippen molar-refractivity contribution in [1.82, 2.24) is 4.90 Å². The van der Waals surface area contributed by atoms with Gasteiger partial charge >= 0.3 is 6.03 Å². The number of nitrogens with two attached hydrogens (primary N) is 1. The normalized spacial score (nSPS) is 17.9. The number of likely N-dealkylation sites (tertiary alicyclic amines) is 1. The van der Waals surface area contributed by atoms with Gasteiger partial charge in [0.2, 0.25) is 0 Å². The van der Waals surface area contributed by atoms with E-state index in [2.05, 4.69) is 5.32 Å². The minimum atomic E-state index is -0.105. The van der Waals surface area contributed by atoms with E-state index < -0.39 is 0 Å². The molecule has 1 heterocycles. The second kappa shape index (κ2) is 6.66. The number of carbonyl (C=O) groups excluding carboxylic acids is 1. The summed E-state index contributed by atoms with van der Waals surface area (Å²) in [4.78, 5) is 14.0. The number of rotatable bonds is 2. The Morgan fingerprint density at radius 3 is 2.55 bits per heavy atom. The minimum Gasteiger partial charge on any atom is -0.328 e. The second-order valence-corrected chi connectivity index (χ2v) is 6.06. The topological polar surface area (TPSA) is 58.4 Å². The van der Waals surface area contributed by atoms with Crippen molar-refractivity contribution < 1.29 is 4.79 Å². The van der Waals surface area contributed by atoms with E-state index >= 15 is 0 Å². The first kappa shape index (κ1) is 15.4. The molecule has 0 saturated carbocycles. The van der Waals surface area contributed by atoms with E-state index in [1.54, 1.807) is 23.1 Å². The number of hydrogen-bond donors (Lipinski definition) is 2. The average Bonchev–Trinajstić information content (AvgIpc) is 2.43. The Hall–Kier alpha value is -0.970. The van der Waals surface area contributed by atoms with E-state index in [4.69, 9.17) is 28.9 Å². The number of piperidine rings is 1. The Morgan fingerprint density at radius 2 is 2.00 bits per heavy atom. The maximum absolute atomic E-state index is 12.1. The predicted octanol–water partition coefficient (Wildman–Crippen LogP) is 3.58. The van der Waals surface area contributed by atoms with Crippen LogP contribution in [-0.2, 0) is 0 Å². The van der Waals surface area contributed by atoms with E-state index in [1.807, 2.05) is 6.92 Å². The van der Waals surface area contributed by atoms with Gasteiger partial charge in [0.1, 0.15) is 0 Å². The van der Waals surface area contributed by atoms with Gasteiger partial charge in [-0.25, -0.2) is 4.79 Å². The lowest BCUT2D eigenvalue weighted by Gasteiger charge is -2.33. The largest absolute Gasteiger partial charge is 0.328 e. The molecule has 4 nitrogen and oxygen atoms in total. The Morgan fingerprint density at radius 1 is 1.35 bits per heavy atom. The standard InChI is InChI=1S/C14H19Cl2N3O/c1-9(17)10-4-6-19(7-5-10)14(20)18-11-2-3-12(15)13(16)8-11/h2-3,8-10H,4-7,17H2,1H3,(H,18,20). The highest BCUT2D eigenvalue weighted by molar-refractivity contribution is 6.42. The van der Waals surface area contributed by atoms with Gasteiger partial charge in [0.15, 0.2) is 0 Å². The summed E-state index contributed by atoms with van der Waals surface area (Å²) in [7, 11) is 0. The summed E-state index contributed by atoms with van der Waals surface area (Å²) in [6, 6.07) is 5.14. The third kappa shape index (κ3) is 3.78. The molecular formula is C14H19Cl2N3O. The summed E-state index contributed by atoms with van der Waals surface area (Å²) in [5.41, 5.74) is 6.55. The average molecular weight is 316 g/mol. The number of hydrogen-bond acceptors (Lipinski definition) is 2. The van der Waals surface area contributed by atoms with Crippen LogP contribution in [0.25, 0.3) is 0 Å². The first-order valence-corrected chi connectivity index (χ1v) is 7.49. The Kier molecular flexibility index (Phi) is 5.13. The summed E-state index contributed by atoms with van der Waals surface area (Å²) >= 11 is 11.8. The van der Waals surface area contributed by atoms with Crippen LogP contribution in [0.15, 0.2) is 18.2 Å². The van der Waals surface area contributed by atoms with Crippen molar-refractivity contribution in [1.29, 1.82) is 0 Å². The maximum atomic E-state index is 12.1. The third-order valence-electron chi connectivity index (χ3n) is 3.74. The van der Waals surface area contributed by atoms with Crippen LogP contribution >= 0.6 is 23.2 Å². The lowest BCUT2D eigenvalue weighted by Crippen LogP contribution is -2.44. The molecule has 1 fully saturated rings. The van der Waals surface area contributed by atoms with E-state index in [9.17, 15) is 4.79 Å². The molecule has 0 aromatic heterocycles. The van der Waals surface area contributed by atoms with Gasteiger partial charge in [0.25, 0.3) is 0 Å². The molecule has 6 heteroatoms. The number of anilines is 1. The predicted molar refractivity (Wildman–Crippen MR) is 83.4 cm³/mol. The molecule has 1 aliphatic heterocycles.